The van der Waals surface area contributed by atoms with Crippen LogP contribution in [0.25, 0.3) is 17.2 Å². The van der Waals surface area contributed by atoms with Crippen LogP contribution in [0.15, 0.2) is 42.0 Å². The lowest BCUT2D eigenvalue weighted by Gasteiger charge is -2.33. The fraction of sp³-hybridized carbons (Fsp3) is 0.517. The third kappa shape index (κ3) is 4.68. The topological polar surface area (TPSA) is 0 Å². The standard InChI is InChI=1S/C29H38/c1-4-29(14-9-7-5-6-8-10-15-29)21-24-19-25-12-11-13-27(28(25)20-24)26-17-22(2)16-23(3)18-26/h11-13,16-18,20H,4-10,14-15,19,21H2,1-3H3. The Balaban J connectivity index is 1.62. The fourth-order valence-electron chi connectivity index (χ4n) is 5.90. The van der Waals surface area contributed by atoms with Gasteiger partial charge in [0.15, 0.2) is 0 Å². The predicted molar refractivity (Wildman–Crippen MR) is 127 cm³/mol. The van der Waals surface area contributed by atoms with E-state index in [9.17, 15) is 0 Å². The maximum atomic E-state index is 2.56. The zero-order valence-corrected chi connectivity index (χ0v) is 18.8. The average Bonchev–Trinajstić information content (AvgIpc) is 3.14. The lowest BCUT2D eigenvalue weighted by Crippen LogP contribution is -2.21. The number of fused-ring (bicyclic) bond motifs is 1. The molecule has 0 N–H and O–H groups in total. The van der Waals surface area contributed by atoms with Crippen LogP contribution in [0.2, 0.25) is 0 Å². The van der Waals surface area contributed by atoms with Crippen molar-refractivity contribution < 1.29 is 0 Å². The summed E-state index contributed by atoms with van der Waals surface area (Å²) in [4.78, 5) is 0. The first-order chi connectivity index (χ1) is 14.1. The first kappa shape index (κ1) is 20.5. The number of hydrogen-bond donors (Lipinski definition) is 0. The van der Waals surface area contributed by atoms with Crippen LogP contribution in [-0.2, 0) is 6.42 Å². The molecule has 0 aliphatic heterocycles. The van der Waals surface area contributed by atoms with Gasteiger partial charge in [-0.3, -0.25) is 0 Å². The van der Waals surface area contributed by atoms with Crippen molar-refractivity contribution in [2.75, 3.05) is 0 Å². The maximum absolute atomic E-state index is 2.56. The van der Waals surface area contributed by atoms with E-state index in [-0.39, 0.29) is 0 Å². The Morgan fingerprint density at radius 2 is 1.48 bits per heavy atom. The molecule has 4 rings (SSSR count). The van der Waals surface area contributed by atoms with Crippen molar-refractivity contribution in [2.45, 2.75) is 91.4 Å². The van der Waals surface area contributed by atoms with Crippen LogP contribution in [0.4, 0.5) is 0 Å². The summed E-state index contributed by atoms with van der Waals surface area (Å²) in [5, 5.41) is 0. The van der Waals surface area contributed by atoms with Crippen molar-refractivity contribution in [1.82, 2.24) is 0 Å². The SMILES string of the molecule is CCC1(CC2=Cc3c(cccc3-c3cc(C)cc(C)c3)C2)CCCCCCCC1. The molecule has 2 aromatic rings. The molecule has 1 fully saturated rings. The van der Waals surface area contributed by atoms with E-state index in [1.807, 2.05) is 0 Å². The van der Waals surface area contributed by atoms with E-state index in [4.69, 9.17) is 0 Å². The highest BCUT2D eigenvalue weighted by atomic mass is 14.4. The smallest absolute Gasteiger partial charge is 0.00574 e. The minimum Gasteiger partial charge on any atom is -0.0648 e. The molecule has 0 nitrogen and oxygen atoms in total. The zero-order chi connectivity index (χ0) is 20.3. The Kier molecular flexibility index (Phi) is 6.28. The molecule has 1 saturated carbocycles. The van der Waals surface area contributed by atoms with Gasteiger partial charge in [-0.25, -0.2) is 0 Å². The summed E-state index contributed by atoms with van der Waals surface area (Å²) in [6, 6.07) is 13.9. The van der Waals surface area contributed by atoms with Crippen LogP contribution in [0, 0.1) is 19.3 Å². The van der Waals surface area contributed by atoms with Crippen molar-refractivity contribution in [3.63, 3.8) is 0 Å². The summed E-state index contributed by atoms with van der Waals surface area (Å²) in [6.45, 7) is 6.87. The van der Waals surface area contributed by atoms with Crippen molar-refractivity contribution in [2.24, 2.45) is 5.41 Å². The molecule has 154 valence electrons. The molecule has 0 atom stereocenters. The van der Waals surface area contributed by atoms with Crippen molar-refractivity contribution in [3.8, 4) is 11.1 Å². The fourth-order valence-corrected chi connectivity index (χ4v) is 5.90. The third-order valence-corrected chi connectivity index (χ3v) is 7.51. The number of aryl methyl sites for hydroxylation is 2. The van der Waals surface area contributed by atoms with Crippen LogP contribution in [0.3, 0.4) is 0 Å². The molecule has 0 aromatic heterocycles. The summed E-state index contributed by atoms with van der Waals surface area (Å²) in [5.74, 6) is 0. The number of benzene rings is 2. The van der Waals surface area contributed by atoms with E-state index in [0.717, 1.165) is 6.42 Å². The largest absolute Gasteiger partial charge is 0.0648 e. The van der Waals surface area contributed by atoms with Gasteiger partial charge in [0, 0.05) is 0 Å². The maximum Gasteiger partial charge on any atom is -0.00574 e. The minimum absolute atomic E-state index is 0.540. The van der Waals surface area contributed by atoms with Crippen LogP contribution >= 0.6 is 0 Å². The van der Waals surface area contributed by atoms with E-state index in [1.54, 1.807) is 5.57 Å². The lowest BCUT2D eigenvalue weighted by molar-refractivity contribution is 0.215. The second-order valence-corrected chi connectivity index (χ2v) is 9.89. The summed E-state index contributed by atoms with van der Waals surface area (Å²) in [6.07, 6.45) is 17.9. The van der Waals surface area contributed by atoms with Gasteiger partial charge >= 0.3 is 0 Å². The highest BCUT2D eigenvalue weighted by Gasteiger charge is 2.30. The molecule has 0 radical (unpaired) electrons. The highest BCUT2D eigenvalue weighted by Crippen LogP contribution is 2.45. The molecular formula is C29H38. The molecule has 2 aliphatic carbocycles. The molecule has 2 aromatic carbocycles. The van der Waals surface area contributed by atoms with Crippen molar-refractivity contribution >= 4 is 6.08 Å². The summed E-state index contributed by atoms with van der Waals surface area (Å²) in [5.41, 5.74) is 10.8. The summed E-state index contributed by atoms with van der Waals surface area (Å²) < 4.78 is 0. The minimum atomic E-state index is 0.540. The lowest BCUT2D eigenvalue weighted by atomic mass is 9.72. The Morgan fingerprint density at radius 1 is 0.828 bits per heavy atom. The van der Waals surface area contributed by atoms with Crippen molar-refractivity contribution in [1.29, 1.82) is 0 Å². The quantitative estimate of drug-likeness (QED) is 0.492. The van der Waals surface area contributed by atoms with Crippen LogP contribution < -0.4 is 0 Å². The molecular weight excluding hydrogens is 348 g/mol. The monoisotopic (exact) mass is 386 g/mol. The Labute approximate surface area is 178 Å². The van der Waals surface area contributed by atoms with E-state index in [1.165, 1.54) is 97.6 Å². The van der Waals surface area contributed by atoms with Gasteiger partial charge in [-0.15, -0.1) is 0 Å². The van der Waals surface area contributed by atoms with Gasteiger partial charge in [0.25, 0.3) is 0 Å². The molecule has 0 heteroatoms. The van der Waals surface area contributed by atoms with Crippen LogP contribution in [0.1, 0.15) is 93.4 Å². The Bertz CT molecular complexity index is 853. The van der Waals surface area contributed by atoms with Gasteiger partial charge < -0.3 is 0 Å². The zero-order valence-electron chi connectivity index (χ0n) is 18.8. The number of allylic oxidation sites excluding steroid dienone is 1. The number of hydrogen-bond acceptors (Lipinski definition) is 0. The molecule has 0 amide bonds. The van der Waals surface area contributed by atoms with E-state index in [0.29, 0.717) is 5.41 Å². The molecule has 0 heterocycles. The number of rotatable bonds is 4. The van der Waals surface area contributed by atoms with E-state index in [2.05, 4.69) is 63.2 Å². The molecule has 0 spiro atoms. The summed E-state index contributed by atoms with van der Waals surface area (Å²) in [7, 11) is 0. The van der Waals surface area contributed by atoms with Crippen LogP contribution in [-0.4, -0.2) is 0 Å². The van der Waals surface area contributed by atoms with Gasteiger partial charge in [-0.1, -0.05) is 111 Å². The molecule has 2 aliphatic rings. The molecule has 0 unspecified atom stereocenters. The Hall–Kier alpha value is -1.82. The van der Waals surface area contributed by atoms with E-state index < -0.39 is 0 Å². The third-order valence-electron chi connectivity index (χ3n) is 7.51. The van der Waals surface area contributed by atoms with Gasteiger partial charge in [-0.2, -0.15) is 0 Å². The molecule has 29 heavy (non-hydrogen) atoms. The van der Waals surface area contributed by atoms with Gasteiger partial charge in [-0.05, 0) is 67.2 Å². The molecule has 0 bridgehead atoms. The second-order valence-electron chi connectivity index (χ2n) is 9.89. The van der Waals surface area contributed by atoms with Gasteiger partial charge in [0.2, 0.25) is 0 Å². The first-order valence-corrected chi connectivity index (χ1v) is 12.0. The first-order valence-electron chi connectivity index (χ1n) is 12.0. The average molecular weight is 387 g/mol. The molecule has 0 saturated heterocycles. The normalized spacial score (nSPS) is 19.1. The van der Waals surface area contributed by atoms with E-state index >= 15 is 0 Å². The van der Waals surface area contributed by atoms with Gasteiger partial charge in [0.05, 0.1) is 0 Å². The Morgan fingerprint density at radius 3 is 2.14 bits per heavy atom. The second kappa shape index (κ2) is 8.90. The predicted octanol–water partition coefficient (Wildman–Crippen LogP) is 8.83. The van der Waals surface area contributed by atoms with Crippen molar-refractivity contribution in [3.05, 3.63) is 64.2 Å². The van der Waals surface area contributed by atoms with Gasteiger partial charge in [0.1, 0.15) is 0 Å². The van der Waals surface area contributed by atoms with Crippen LogP contribution in [0.5, 0.6) is 0 Å². The summed E-state index contributed by atoms with van der Waals surface area (Å²) >= 11 is 0. The highest BCUT2D eigenvalue weighted by molar-refractivity contribution is 5.81.